The minimum atomic E-state index is -0.431. The fourth-order valence-corrected chi connectivity index (χ4v) is 1.84. The van der Waals surface area contributed by atoms with E-state index in [2.05, 4.69) is 0 Å². The van der Waals surface area contributed by atoms with E-state index in [9.17, 15) is 4.79 Å². The van der Waals surface area contributed by atoms with Crippen molar-refractivity contribution in [2.75, 3.05) is 0 Å². The zero-order valence-corrected chi connectivity index (χ0v) is 10.1. The highest BCUT2D eigenvalue weighted by Crippen LogP contribution is 2.21. The fourth-order valence-electron chi connectivity index (χ4n) is 1.54. The van der Waals surface area contributed by atoms with Gasteiger partial charge >= 0.3 is 5.97 Å². The Hall–Kier alpha value is -1.80. The molecule has 0 N–H and O–H groups in total. The highest BCUT2D eigenvalue weighted by molar-refractivity contribution is 6.33. The van der Waals surface area contributed by atoms with Crippen LogP contribution >= 0.6 is 11.6 Å². The van der Waals surface area contributed by atoms with Gasteiger partial charge in [-0.2, -0.15) is 0 Å². The summed E-state index contributed by atoms with van der Waals surface area (Å²) in [7, 11) is 0. The third-order valence-electron chi connectivity index (χ3n) is 2.38. The molecule has 0 aliphatic heterocycles. The standard InChI is InChI=1S/C14H11ClO2/c1-10-6-5-9-12(15)13(10)14(16)17-11-7-3-2-4-8-11/h2-9H,1H3. The number of hydrogen-bond acceptors (Lipinski definition) is 2. The maximum absolute atomic E-state index is 11.9. The van der Waals surface area contributed by atoms with Crippen molar-refractivity contribution in [1.29, 1.82) is 0 Å². The molecule has 2 rings (SSSR count). The van der Waals surface area contributed by atoms with Crippen LogP contribution in [0.2, 0.25) is 5.02 Å². The van der Waals surface area contributed by atoms with Crippen LogP contribution in [0, 0.1) is 6.92 Å². The number of carbonyl (C=O) groups is 1. The number of esters is 1. The van der Waals surface area contributed by atoms with Gasteiger partial charge in [-0.3, -0.25) is 0 Å². The van der Waals surface area contributed by atoms with Crippen molar-refractivity contribution in [3.05, 3.63) is 64.7 Å². The lowest BCUT2D eigenvalue weighted by Crippen LogP contribution is -2.10. The third kappa shape index (κ3) is 2.66. The van der Waals surface area contributed by atoms with Gasteiger partial charge in [0, 0.05) is 0 Å². The van der Waals surface area contributed by atoms with E-state index in [1.807, 2.05) is 31.2 Å². The summed E-state index contributed by atoms with van der Waals surface area (Å²) in [5, 5.41) is 0.408. The van der Waals surface area contributed by atoms with Crippen molar-refractivity contribution in [2.45, 2.75) is 6.92 Å². The van der Waals surface area contributed by atoms with Crippen LogP contribution in [0.25, 0.3) is 0 Å². The molecule has 0 aliphatic carbocycles. The van der Waals surface area contributed by atoms with Gasteiger partial charge < -0.3 is 4.74 Å². The van der Waals surface area contributed by atoms with Gasteiger partial charge in [-0.15, -0.1) is 0 Å². The van der Waals surface area contributed by atoms with Gasteiger partial charge in [0.1, 0.15) is 5.75 Å². The summed E-state index contributed by atoms with van der Waals surface area (Å²) in [6, 6.07) is 14.2. The number of para-hydroxylation sites is 1. The smallest absolute Gasteiger partial charge is 0.345 e. The molecule has 2 nitrogen and oxygen atoms in total. The summed E-state index contributed by atoms with van der Waals surface area (Å²) in [4.78, 5) is 11.9. The van der Waals surface area contributed by atoms with E-state index in [0.29, 0.717) is 16.3 Å². The van der Waals surface area contributed by atoms with Gasteiger partial charge in [0.15, 0.2) is 0 Å². The largest absolute Gasteiger partial charge is 0.423 e. The molecule has 0 bridgehead atoms. The average molecular weight is 247 g/mol. The predicted octanol–water partition coefficient (Wildman–Crippen LogP) is 3.87. The van der Waals surface area contributed by atoms with E-state index in [1.54, 1.807) is 24.3 Å². The number of benzene rings is 2. The van der Waals surface area contributed by atoms with Crippen molar-refractivity contribution in [3.8, 4) is 5.75 Å². The number of ether oxygens (including phenoxy) is 1. The van der Waals surface area contributed by atoms with Gasteiger partial charge in [0.2, 0.25) is 0 Å². The Morgan fingerprint density at radius 1 is 1.06 bits per heavy atom. The second-order valence-electron chi connectivity index (χ2n) is 3.63. The first-order valence-electron chi connectivity index (χ1n) is 5.21. The van der Waals surface area contributed by atoms with Crippen molar-refractivity contribution in [3.63, 3.8) is 0 Å². The Balaban J connectivity index is 2.27. The molecule has 0 radical (unpaired) electrons. The number of halogens is 1. The molecular weight excluding hydrogens is 236 g/mol. The second kappa shape index (κ2) is 5.02. The molecule has 0 saturated heterocycles. The molecule has 0 aromatic heterocycles. The monoisotopic (exact) mass is 246 g/mol. The normalized spacial score (nSPS) is 10.0. The molecule has 0 aliphatic rings. The third-order valence-corrected chi connectivity index (χ3v) is 2.69. The van der Waals surface area contributed by atoms with E-state index in [4.69, 9.17) is 16.3 Å². The Kier molecular flexibility index (Phi) is 3.45. The lowest BCUT2D eigenvalue weighted by Gasteiger charge is -2.08. The molecular formula is C14H11ClO2. The number of carbonyl (C=O) groups excluding carboxylic acids is 1. The van der Waals surface area contributed by atoms with Crippen LogP contribution in [0.15, 0.2) is 48.5 Å². The van der Waals surface area contributed by atoms with Crippen LogP contribution < -0.4 is 4.74 Å². The Labute approximate surface area is 105 Å². The maximum atomic E-state index is 11.9. The minimum Gasteiger partial charge on any atom is -0.423 e. The van der Waals surface area contributed by atoms with Crippen molar-refractivity contribution in [1.82, 2.24) is 0 Å². The first kappa shape index (κ1) is 11.7. The first-order valence-corrected chi connectivity index (χ1v) is 5.58. The number of aryl methyl sites for hydroxylation is 1. The SMILES string of the molecule is Cc1cccc(Cl)c1C(=O)Oc1ccccc1. The topological polar surface area (TPSA) is 26.3 Å². The molecule has 86 valence electrons. The van der Waals surface area contributed by atoms with Gasteiger partial charge in [0.25, 0.3) is 0 Å². The van der Waals surface area contributed by atoms with Crippen molar-refractivity contribution < 1.29 is 9.53 Å². The van der Waals surface area contributed by atoms with Gasteiger partial charge in [-0.1, -0.05) is 41.9 Å². The molecule has 0 saturated carbocycles. The summed E-state index contributed by atoms with van der Waals surface area (Å²) < 4.78 is 5.24. The first-order chi connectivity index (χ1) is 8.18. The Bertz CT molecular complexity index is 515. The summed E-state index contributed by atoms with van der Waals surface area (Å²) in [5.41, 5.74) is 1.22. The zero-order valence-electron chi connectivity index (χ0n) is 9.31. The van der Waals surface area contributed by atoms with Crippen LogP contribution in [-0.2, 0) is 0 Å². The van der Waals surface area contributed by atoms with Gasteiger partial charge in [-0.05, 0) is 30.7 Å². The van der Waals surface area contributed by atoms with E-state index < -0.39 is 5.97 Å². The fraction of sp³-hybridized carbons (Fsp3) is 0.0714. The zero-order chi connectivity index (χ0) is 12.3. The highest BCUT2D eigenvalue weighted by Gasteiger charge is 2.15. The average Bonchev–Trinajstić information content (AvgIpc) is 2.30. The second-order valence-corrected chi connectivity index (χ2v) is 4.04. The van der Waals surface area contributed by atoms with E-state index in [1.165, 1.54) is 0 Å². The van der Waals surface area contributed by atoms with Crippen LogP contribution in [0.1, 0.15) is 15.9 Å². The molecule has 0 atom stereocenters. The Morgan fingerprint density at radius 3 is 2.41 bits per heavy atom. The molecule has 0 amide bonds. The molecule has 3 heteroatoms. The maximum Gasteiger partial charge on any atom is 0.345 e. The van der Waals surface area contributed by atoms with E-state index in [-0.39, 0.29) is 0 Å². The summed E-state index contributed by atoms with van der Waals surface area (Å²) in [5.74, 6) is 0.0797. The summed E-state index contributed by atoms with van der Waals surface area (Å²) in [6.07, 6.45) is 0. The molecule has 17 heavy (non-hydrogen) atoms. The van der Waals surface area contributed by atoms with Crippen LogP contribution in [-0.4, -0.2) is 5.97 Å². The quantitative estimate of drug-likeness (QED) is 0.594. The van der Waals surface area contributed by atoms with E-state index >= 15 is 0 Å². The molecule has 0 fully saturated rings. The van der Waals surface area contributed by atoms with E-state index in [0.717, 1.165) is 5.56 Å². The van der Waals surface area contributed by atoms with Crippen LogP contribution in [0.3, 0.4) is 0 Å². The van der Waals surface area contributed by atoms with Gasteiger partial charge in [0.05, 0.1) is 10.6 Å². The minimum absolute atomic E-state index is 0.408. The lowest BCUT2D eigenvalue weighted by atomic mass is 10.1. The Morgan fingerprint density at radius 2 is 1.76 bits per heavy atom. The molecule has 0 spiro atoms. The van der Waals surface area contributed by atoms with Crippen LogP contribution in [0.5, 0.6) is 5.75 Å². The lowest BCUT2D eigenvalue weighted by molar-refractivity contribution is 0.0734. The highest BCUT2D eigenvalue weighted by atomic mass is 35.5. The summed E-state index contributed by atoms with van der Waals surface area (Å²) >= 11 is 5.99. The number of hydrogen-bond donors (Lipinski definition) is 0. The summed E-state index contributed by atoms with van der Waals surface area (Å²) in [6.45, 7) is 1.83. The predicted molar refractivity (Wildman–Crippen MR) is 67.6 cm³/mol. The molecule has 0 heterocycles. The van der Waals surface area contributed by atoms with Crippen molar-refractivity contribution in [2.24, 2.45) is 0 Å². The van der Waals surface area contributed by atoms with Crippen molar-refractivity contribution >= 4 is 17.6 Å². The molecule has 2 aromatic carbocycles. The molecule has 2 aromatic rings. The van der Waals surface area contributed by atoms with Gasteiger partial charge in [-0.25, -0.2) is 4.79 Å². The van der Waals surface area contributed by atoms with Crippen LogP contribution in [0.4, 0.5) is 0 Å². The molecule has 0 unspecified atom stereocenters. The number of rotatable bonds is 2.